The fraction of sp³-hybridized carbons (Fsp3) is 0.308. The minimum absolute atomic E-state index is 0.0867. The highest BCUT2D eigenvalue weighted by Crippen LogP contribution is 2.20. The van der Waals surface area contributed by atoms with Crippen molar-refractivity contribution in [3.05, 3.63) is 40.2 Å². The Hall–Kier alpha value is -1.82. The predicted octanol–water partition coefficient (Wildman–Crippen LogP) is 2.67. The number of rotatable bonds is 5. The first-order valence-electron chi connectivity index (χ1n) is 5.82. The Bertz CT molecular complexity index is 598. The molecule has 0 bridgehead atoms. The van der Waals surface area contributed by atoms with Crippen molar-refractivity contribution in [3.8, 4) is 5.75 Å². The largest absolute Gasteiger partial charge is 0.494 e. The Labute approximate surface area is 114 Å². The third-order valence-electron chi connectivity index (χ3n) is 2.72. The molecule has 0 aliphatic heterocycles. The summed E-state index contributed by atoms with van der Waals surface area (Å²) in [4.78, 5) is 12.7. The SMILES string of the molecule is CCc1nnsc1C(=O)Cc1ccc(OC)c(F)c1. The quantitative estimate of drug-likeness (QED) is 0.790. The summed E-state index contributed by atoms with van der Waals surface area (Å²) in [7, 11) is 1.40. The van der Waals surface area contributed by atoms with Gasteiger partial charge in [0.25, 0.3) is 0 Å². The van der Waals surface area contributed by atoms with Crippen LogP contribution in [0, 0.1) is 5.82 Å². The number of ketones is 1. The van der Waals surface area contributed by atoms with Crippen LogP contribution in [0.4, 0.5) is 4.39 Å². The zero-order valence-electron chi connectivity index (χ0n) is 10.6. The van der Waals surface area contributed by atoms with Crippen molar-refractivity contribution in [2.24, 2.45) is 0 Å². The summed E-state index contributed by atoms with van der Waals surface area (Å²) in [5, 5.41) is 3.90. The first kappa shape index (κ1) is 13.6. The van der Waals surface area contributed by atoms with Crippen molar-refractivity contribution in [1.82, 2.24) is 9.59 Å². The highest BCUT2D eigenvalue weighted by Gasteiger charge is 2.16. The van der Waals surface area contributed by atoms with E-state index < -0.39 is 5.82 Å². The van der Waals surface area contributed by atoms with Gasteiger partial charge in [-0.05, 0) is 35.6 Å². The lowest BCUT2D eigenvalue weighted by Crippen LogP contribution is -2.05. The molecule has 0 saturated heterocycles. The van der Waals surface area contributed by atoms with Crippen molar-refractivity contribution < 1.29 is 13.9 Å². The van der Waals surface area contributed by atoms with Crippen molar-refractivity contribution in [3.63, 3.8) is 0 Å². The number of ether oxygens (including phenoxy) is 1. The van der Waals surface area contributed by atoms with E-state index in [2.05, 4.69) is 9.59 Å². The molecule has 0 N–H and O–H groups in total. The van der Waals surface area contributed by atoms with Gasteiger partial charge in [-0.3, -0.25) is 4.79 Å². The number of carbonyl (C=O) groups is 1. The lowest BCUT2D eigenvalue weighted by molar-refractivity contribution is 0.0995. The molecule has 1 heterocycles. The number of aryl methyl sites for hydroxylation is 1. The fourth-order valence-electron chi connectivity index (χ4n) is 1.74. The number of halogens is 1. The molecule has 4 nitrogen and oxygen atoms in total. The maximum absolute atomic E-state index is 13.5. The van der Waals surface area contributed by atoms with Crippen molar-refractivity contribution in [1.29, 1.82) is 0 Å². The second-order valence-electron chi connectivity index (χ2n) is 3.97. The number of benzene rings is 1. The van der Waals surface area contributed by atoms with E-state index in [0.717, 1.165) is 11.5 Å². The van der Waals surface area contributed by atoms with E-state index in [1.165, 1.54) is 19.2 Å². The Balaban J connectivity index is 2.17. The number of Topliss-reactive ketones (excluding diaryl/α,β-unsaturated/α-hetero) is 1. The van der Waals surface area contributed by atoms with E-state index >= 15 is 0 Å². The first-order valence-corrected chi connectivity index (χ1v) is 6.59. The zero-order valence-corrected chi connectivity index (χ0v) is 11.5. The van der Waals surface area contributed by atoms with E-state index in [-0.39, 0.29) is 18.0 Å². The molecule has 1 aromatic heterocycles. The molecule has 0 unspecified atom stereocenters. The van der Waals surface area contributed by atoms with Gasteiger partial charge in [-0.15, -0.1) is 5.10 Å². The molecular weight excluding hydrogens is 267 g/mol. The Morgan fingerprint density at radius 1 is 1.47 bits per heavy atom. The zero-order chi connectivity index (χ0) is 13.8. The highest BCUT2D eigenvalue weighted by atomic mass is 32.1. The van der Waals surface area contributed by atoms with Gasteiger partial charge in [0.15, 0.2) is 17.3 Å². The molecule has 0 spiro atoms. The molecule has 0 saturated carbocycles. The summed E-state index contributed by atoms with van der Waals surface area (Å²) >= 11 is 1.08. The van der Waals surface area contributed by atoms with Gasteiger partial charge in [0.2, 0.25) is 0 Å². The number of hydrogen-bond acceptors (Lipinski definition) is 5. The van der Waals surface area contributed by atoms with Crippen LogP contribution >= 0.6 is 11.5 Å². The average molecular weight is 280 g/mol. The minimum atomic E-state index is -0.467. The summed E-state index contributed by atoms with van der Waals surface area (Å²) < 4.78 is 22.1. The van der Waals surface area contributed by atoms with E-state index in [9.17, 15) is 9.18 Å². The summed E-state index contributed by atoms with van der Waals surface area (Å²) in [5.41, 5.74) is 1.31. The van der Waals surface area contributed by atoms with Gasteiger partial charge in [0, 0.05) is 6.42 Å². The molecule has 19 heavy (non-hydrogen) atoms. The standard InChI is InChI=1S/C13H13FN2O2S/c1-3-10-13(19-16-15-10)11(17)7-8-4-5-12(18-2)9(14)6-8/h4-6H,3,7H2,1-2H3. The Kier molecular flexibility index (Phi) is 4.21. The number of carbonyl (C=O) groups excluding carboxylic acids is 1. The minimum Gasteiger partial charge on any atom is -0.494 e. The van der Waals surface area contributed by atoms with E-state index in [1.807, 2.05) is 6.92 Å². The van der Waals surface area contributed by atoms with Crippen LogP contribution in [0.25, 0.3) is 0 Å². The van der Waals surface area contributed by atoms with Gasteiger partial charge in [0.05, 0.1) is 12.8 Å². The van der Waals surface area contributed by atoms with Crippen LogP contribution in [0.3, 0.4) is 0 Å². The molecule has 0 atom stereocenters. The summed E-state index contributed by atoms with van der Waals surface area (Å²) in [6.07, 6.45) is 0.798. The third-order valence-corrected chi connectivity index (χ3v) is 3.53. The van der Waals surface area contributed by atoms with Crippen LogP contribution in [0.1, 0.15) is 27.9 Å². The Morgan fingerprint density at radius 3 is 2.89 bits per heavy atom. The maximum atomic E-state index is 13.5. The molecule has 1 aromatic carbocycles. The summed E-state index contributed by atoms with van der Waals surface area (Å²) in [5.74, 6) is -0.382. The van der Waals surface area contributed by atoms with Gasteiger partial charge in [-0.1, -0.05) is 17.5 Å². The number of methoxy groups -OCH3 is 1. The maximum Gasteiger partial charge on any atom is 0.180 e. The van der Waals surface area contributed by atoms with Crippen LogP contribution < -0.4 is 4.74 Å². The van der Waals surface area contributed by atoms with Crippen molar-refractivity contribution in [2.75, 3.05) is 7.11 Å². The number of nitrogens with zero attached hydrogens (tertiary/aromatic N) is 2. The van der Waals surface area contributed by atoms with Crippen LogP contribution in [0.2, 0.25) is 0 Å². The predicted molar refractivity (Wildman–Crippen MR) is 70.3 cm³/mol. The van der Waals surface area contributed by atoms with E-state index in [4.69, 9.17) is 4.74 Å². The third kappa shape index (κ3) is 2.96. The smallest absolute Gasteiger partial charge is 0.180 e. The van der Waals surface area contributed by atoms with Gasteiger partial charge in [-0.25, -0.2) is 4.39 Å². The molecule has 6 heteroatoms. The lowest BCUT2D eigenvalue weighted by atomic mass is 10.1. The van der Waals surface area contributed by atoms with Crippen molar-refractivity contribution in [2.45, 2.75) is 19.8 Å². The van der Waals surface area contributed by atoms with Crippen LogP contribution in [0.5, 0.6) is 5.75 Å². The molecule has 0 aliphatic carbocycles. The van der Waals surface area contributed by atoms with E-state index in [1.54, 1.807) is 6.07 Å². The normalized spacial score (nSPS) is 10.5. The molecule has 0 fully saturated rings. The summed E-state index contributed by atoms with van der Waals surface area (Å²) in [6, 6.07) is 4.51. The van der Waals surface area contributed by atoms with Crippen LogP contribution in [-0.2, 0) is 12.8 Å². The average Bonchev–Trinajstić information content (AvgIpc) is 2.87. The fourth-order valence-corrected chi connectivity index (χ4v) is 2.42. The molecule has 2 rings (SSSR count). The van der Waals surface area contributed by atoms with Gasteiger partial charge < -0.3 is 4.74 Å². The molecule has 0 aliphatic rings. The number of aromatic nitrogens is 2. The second kappa shape index (κ2) is 5.88. The van der Waals surface area contributed by atoms with Gasteiger partial charge in [0.1, 0.15) is 4.88 Å². The molecular formula is C13H13FN2O2S. The lowest BCUT2D eigenvalue weighted by Gasteiger charge is -2.04. The number of hydrogen-bond donors (Lipinski definition) is 0. The topological polar surface area (TPSA) is 52.1 Å². The summed E-state index contributed by atoms with van der Waals surface area (Å²) in [6.45, 7) is 1.92. The first-order chi connectivity index (χ1) is 9.15. The molecule has 100 valence electrons. The molecule has 2 aromatic rings. The van der Waals surface area contributed by atoms with E-state index in [0.29, 0.717) is 22.6 Å². The van der Waals surface area contributed by atoms with Crippen LogP contribution in [0.15, 0.2) is 18.2 Å². The molecule has 0 radical (unpaired) electrons. The van der Waals surface area contributed by atoms with Crippen LogP contribution in [-0.4, -0.2) is 22.5 Å². The second-order valence-corrected chi connectivity index (χ2v) is 4.73. The Morgan fingerprint density at radius 2 is 2.26 bits per heavy atom. The van der Waals surface area contributed by atoms with Gasteiger partial charge >= 0.3 is 0 Å². The van der Waals surface area contributed by atoms with Gasteiger partial charge in [-0.2, -0.15) is 0 Å². The van der Waals surface area contributed by atoms with Crippen molar-refractivity contribution >= 4 is 17.3 Å². The highest BCUT2D eigenvalue weighted by molar-refractivity contribution is 7.08. The monoisotopic (exact) mass is 280 g/mol. The molecule has 0 amide bonds.